The fourth-order valence-corrected chi connectivity index (χ4v) is 4.89. The second-order valence-electron chi connectivity index (χ2n) is 11.2. The molecule has 1 amide bonds. The van der Waals surface area contributed by atoms with Crippen LogP contribution in [0.1, 0.15) is 32.0 Å². The molecule has 5 aromatic heterocycles. The van der Waals surface area contributed by atoms with Gasteiger partial charge >= 0.3 is 6.09 Å². The highest BCUT2D eigenvalue weighted by Gasteiger charge is 2.25. The molecule has 0 fully saturated rings. The molecule has 0 saturated heterocycles. The molecule has 0 saturated carbocycles. The predicted octanol–water partition coefficient (Wildman–Crippen LogP) is 6.24. The fraction of sp³-hybridized carbons (Fsp3) is 0.182. The van der Waals surface area contributed by atoms with Crippen molar-refractivity contribution in [2.45, 2.75) is 39.5 Å². The number of rotatable bonds is 6. The van der Waals surface area contributed by atoms with Gasteiger partial charge in [-0.05, 0) is 55.5 Å². The number of fused-ring (bicyclic) bond motifs is 2. The van der Waals surface area contributed by atoms with E-state index in [-0.39, 0.29) is 24.5 Å². The lowest BCUT2D eigenvalue weighted by Crippen LogP contribution is -2.37. The number of hydrogen-bond donors (Lipinski definition) is 0. The van der Waals surface area contributed by atoms with Crippen LogP contribution in [0.15, 0.2) is 103 Å². The van der Waals surface area contributed by atoms with Gasteiger partial charge in [0.15, 0.2) is 0 Å². The molecular formula is C33H29FN6O3. The lowest BCUT2D eigenvalue weighted by Gasteiger charge is -2.27. The average molecular weight is 577 g/mol. The third kappa shape index (κ3) is 5.99. The van der Waals surface area contributed by atoms with Gasteiger partial charge in [-0.1, -0.05) is 36.4 Å². The number of ether oxygens (including phenoxy) is 1. The second kappa shape index (κ2) is 11.1. The number of benzene rings is 1. The number of aromatic nitrogens is 5. The van der Waals surface area contributed by atoms with Gasteiger partial charge in [0, 0.05) is 48.8 Å². The molecule has 0 spiro atoms. The van der Waals surface area contributed by atoms with Crippen LogP contribution >= 0.6 is 0 Å². The van der Waals surface area contributed by atoms with Gasteiger partial charge in [-0.25, -0.2) is 19.2 Å². The summed E-state index contributed by atoms with van der Waals surface area (Å²) < 4.78 is 23.0. The van der Waals surface area contributed by atoms with Crippen LogP contribution in [0.25, 0.3) is 27.5 Å². The smallest absolute Gasteiger partial charge is 0.416 e. The largest absolute Gasteiger partial charge is 0.443 e. The van der Waals surface area contributed by atoms with Gasteiger partial charge in [-0.15, -0.1) is 0 Å². The van der Waals surface area contributed by atoms with Crippen LogP contribution < -0.4 is 10.5 Å². The van der Waals surface area contributed by atoms with Crippen molar-refractivity contribution in [2.24, 2.45) is 0 Å². The van der Waals surface area contributed by atoms with E-state index in [0.717, 1.165) is 22.1 Å². The summed E-state index contributed by atoms with van der Waals surface area (Å²) in [7, 11) is 0. The Balaban J connectivity index is 1.28. The Morgan fingerprint density at radius 3 is 2.58 bits per heavy atom. The Bertz CT molecular complexity index is 2010. The fourth-order valence-electron chi connectivity index (χ4n) is 4.89. The predicted molar refractivity (Wildman–Crippen MR) is 162 cm³/mol. The van der Waals surface area contributed by atoms with Crippen LogP contribution in [0, 0.1) is 5.82 Å². The molecule has 5 heterocycles. The number of amides is 1. The Hall–Kier alpha value is -5.38. The second-order valence-corrected chi connectivity index (χ2v) is 11.2. The molecule has 0 aliphatic heterocycles. The molecule has 0 radical (unpaired) electrons. The summed E-state index contributed by atoms with van der Waals surface area (Å²) >= 11 is 0. The van der Waals surface area contributed by atoms with Crippen molar-refractivity contribution in [3.63, 3.8) is 0 Å². The van der Waals surface area contributed by atoms with Gasteiger partial charge in [0.25, 0.3) is 5.56 Å². The number of imidazole rings is 1. The number of nitrogens with zero attached hydrogens (tertiary/aromatic N) is 6. The highest BCUT2D eigenvalue weighted by Crippen LogP contribution is 2.26. The third-order valence-electron chi connectivity index (χ3n) is 6.82. The van der Waals surface area contributed by atoms with Gasteiger partial charge < -0.3 is 13.7 Å². The quantitative estimate of drug-likeness (QED) is 0.233. The van der Waals surface area contributed by atoms with Gasteiger partial charge in [0.2, 0.25) is 0 Å². The van der Waals surface area contributed by atoms with Gasteiger partial charge in [-0.2, -0.15) is 0 Å². The van der Waals surface area contributed by atoms with E-state index in [1.807, 2.05) is 65.3 Å². The topological polar surface area (TPSA) is 94.6 Å². The highest BCUT2D eigenvalue weighted by molar-refractivity contribution is 5.95. The lowest BCUT2D eigenvalue weighted by molar-refractivity contribution is 0.0576. The minimum atomic E-state index is -0.744. The van der Waals surface area contributed by atoms with Crippen molar-refractivity contribution < 1.29 is 13.9 Å². The molecule has 0 N–H and O–H groups in total. The van der Waals surface area contributed by atoms with Crippen LogP contribution in [0.3, 0.4) is 0 Å². The van der Waals surface area contributed by atoms with Crippen molar-refractivity contribution >= 4 is 28.3 Å². The van der Waals surface area contributed by atoms with Gasteiger partial charge in [-0.3, -0.25) is 14.7 Å². The summed E-state index contributed by atoms with van der Waals surface area (Å²) in [6, 6.07) is 17.8. The van der Waals surface area contributed by atoms with Crippen molar-refractivity contribution in [3.8, 4) is 11.1 Å². The van der Waals surface area contributed by atoms with Gasteiger partial charge in [0.1, 0.15) is 22.9 Å². The molecule has 0 aliphatic carbocycles. The number of pyridine rings is 4. The Labute approximate surface area is 246 Å². The molecule has 0 bridgehead atoms. The summed E-state index contributed by atoms with van der Waals surface area (Å²) in [6.07, 6.45) is 9.49. The maximum atomic E-state index is 14.0. The first-order valence-electron chi connectivity index (χ1n) is 13.8. The average Bonchev–Trinajstić information content (AvgIpc) is 3.38. The maximum absolute atomic E-state index is 14.0. The van der Waals surface area contributed by atoms with Crippen LogP contribution in [-0.2, 0) is 17.8 Å². The van der Waals surface area contributed by atoms with Crippen LogP contribution in [0.4, 0.5) is 15.0 Å². The number of carbonyl (C=O) groups is 1. The molecule has 9 nitrogen and oxygen atoms in total. The van der Waals surface area contributed by atoms with Crippen LogP contribution in [0.5, 0.6) is 0 Å². The summed E-state index contributed by atoms with van der Waals surface area (Å²) in [6.45, 7) is 5.65. The van der Waals surface area contributed by atoms with E-state index in [4.69, 9.17) is 4.74 Å². The molecule has 1 aromatic carbocycles. The molecule has 0 aliphatic rings. The highest BCUT2D eigenvalue weighted by atomic mass is 19.1. The van der Waals surface area contributed by atoms with E-state index in [0.29, 0.717) is 16.7 Å². The Morgan fingerprint density at radius 2 is 1.81 bits per heavy atom. The Kier molecular flexibility index (Phi) is 7.19. The zero-order chi connectivity index (χ0) is 30.1. The van der Waals surface area contributed by atoms with E-state index in [9.17, 15) is 14.0 Å². The number of anilines is 1. The first-order chi connectivity index (χ1) is 20.6. The zero-order valence-corrected chi connectivity index (χ0v) is 23.9. The molecule has 216 valence electrons. The molecule has 0 unspecified atom stereocenters. The van der Waals surface area contributed by atoms with Crippen molar-refractivity contribution in [1.29, 1.82) is 0 Å². The summed E-state index contributed by atoms with van der Waals surface area (Å²) in [5, 5.41) is 1.37. The normalized spacial score (nSPS) is 11.6. The van der Waals surface area contributed by atoms with Crippen molar-refractivity contribution in [1.82, 2.24) is 23.9 Å². The summed E-state index contributed by atoms with van der Waals surface area (Å²) in [5.74, 6) is -0.370. The molecule has 6 rings (SSSR count). The molecule has 10 heteroatoms. The van der Waals surface area contributed by atoms with E-state index < -0.39 is 17.5 Å². The number of halogens is 1. The maximum Gasteiger partial charge on any atom is 0.416 e. The Morgan fingerprint density at radius 1 is 1.00 bits per heavy atom. The van der Waals surface area contributed by atoms with Gasteiger partial charge in [0.05, 0.1) is 24.2 Å². The SMILES string of the molecule is CC(C)(C)OC(=O)N(Cc1ccc2nc(Cn3ccc4c(-c5ccccc5)cncc4c3=O)cn2c1)c1cc(F)ccn1. The monoisotopic (exact) mass is 576 g/mol. The van der Waals surface area contributed by atoms with E-state index in [1.54, 1.807) is 43.9 Å². The minimum absolute atomic E-state index is 0.0930. The standard InChI is InChI=1S/C33H29FN6O3/c1-33(2,3)43-32(42)40(30-15-24(34)11-13-36-30)19-22-9-10-29-37-25(21-39(29)18-22)20-38-14-12-26-27(23-7-5-4-6-8-23)16-35-17-28(26)31(38)41/h4-18,21H,19-20H2,1-3H3. The van der Waals surface area contributed by atoms with E-state index in [1.165, 1.54) is 23.2 Å². The third-order valence-corrected chi connectivity index (χ3v) is 6.82. The number of hydrogen-bond acceptors (Lipinski definition) is 6. The lowest BCUT2D eigenvalue weighted by atomic mass is 10.0. The zero-order valence-electron chi connectivity index (χ0n) is 23.9. The molecular weight excluding hydrogens is 547 g/mol. The summed E-state index contributed by atoms with van der Waals surface area (Å²) in [4.78, 5) is 41.0. The summed E-state index contributed by atoms with van der Waals surface area (Å²) in [5.41, 5.74) is 3.09. The molecule has 0 atom stereocenters. The van der Waals surface area contributed by atoms with Crippen LogP contribution in [0.2, 0.25) is 0 Å². The van der Waals surface area contributed by atoms with Crippen molar-refractivity contribution in [2.75, 3.05) is 4.90 Å². The minimum Gasteiger partial charge on any atom is -0.443 e. The van der Waals surface area contributed by atoms with Crippen molar-refractivity contribution in [3.05, 3.63) is 125 Å². The first kappa shape index (κ1) is 27.8. The number of carbonyl (C=O) groups excluding carboxylic acids is 1. The molecule has 43 heavy (non-hydrogen) atoms. The molecule has 6 aromatic rings. The first-order valence-corrected chi connectivity index (χ1v) is 13.8. The van der Waals surface area contributed by atoms with E-state index in [2.05, 4.69) is 15.0 Å². The van der Waals surface area contributed by atoms with E-state index >= 15 is 0 Å². The van der Waals surface area contributed by atoms with Crippen LogP contribution in [-0.4, -0.2) is 35.6 Å².